The maximum atomic E-state index is 11.4. The summed E-state index contributed by atoms with van der Waals surface area (Å²) in [6.07, 6.45) is 2.62. The van der Waals surface area contributed by atoms with Crippen molar-refractivity contribution in [2.24, 2.45) is 0 Å². The highest BCUT2D eigenvalue weighted by molar-refractivity contribution is 5.83. The van der Waals surface area contributed by atoms with Crippen LogP contribution in [-0.4, -0.2) is 31.1 Å². The molecule has 0 aliphatic rings. The number of amides is 1. The molecular formula is C10H18N2O3. The minimum atomic E-state index is -0.459. The van der Waals surface area contributed by atoms with Crippen molar-refractivity contribution in [1.29, 1.82) is 0 Å². The van der Waals surface area contributed by atoms with Crippen molar-refractivity contribution in [3.05, 3.63) is 12.3 Å². The van der Waals surface area contributed by atoms with Crippen LogP contribution in [-0.2, 0) is 14.3 Å². The van der Waals surface area contributed by atoms with Gasteiger partial charge in [-0.1, -0.05) is 0 Å². The smallest absolute Gasteiger partial charge is 0.331 e. The number of ether oxygens (including phenoxy) is 1. The van der Waals surface area contributed by atoms with E-state index in [9.17, 15) is 9.59 Å². The molecule has 0 fully saturated rings. The summed E-state index contributed by atoms with van der Waals surface area (Å²) in [5.74, 6) is -0.571. The molecule has 15 heavy (non-hydrogen) atoms. The van der Waals surface area contributed by atoms with E-state index in [1.54, 1.807) is 6.92 Å². The fraction of sp³-hybridized carbons (Fsp3) is 0.600. The maximum absolute atomic E-state index is 11.4. The van der Waals surface area contributed by atoms with Crippen molar-refractivity contribution in [1.82, 2.24) is 10.6 Å². The number of nitrogens with one attached hydrogen (secondary N) is 2. The first-order valence-electron chi connectivity index (χ1n) is 4.78. The third-order valence-corrected chi connectivity index (χ3v) is 1.59. The maximum Gasteiger partial charge on any atom is 0.331 e. The standard InChI is InChI=1S/C10H18N2O3/c1-7(2)12-10(14)8(3)11-6-5-9(13)15-4/h5-8,11H,1-4H3,(H,12,14)/b6-5+. The van der Waals surface area contributed by atoms with E-state index in [0.29, 0.717) is 0 Å². The highest BCUT2D eigenvalue weighted by Crippen LogP contribution is 1.86. The van der Waals surface area contributed by atoms with E-state index in [-0.39, 0.29) is 18.0 Å². The van der Waals surface area contributed by atoms with Gasteiger partial charge in [0.2, 0.25) is 5.91 Å². The molecule has 0 aromatic heterocycles. The van der Waals surface area contributed by atoms with E-state index in [2.05, 4.69) is 15.4 Å². The molecule has 5 nitrogen and oxygen atoms in total. The highest BCUT2D eigenvalue weighted by Gasteiger charge is 2.10. The zero-order valence-electron chi connectivity index (χ0n) is 9.53. The van der Waals surface area contributed by atoms with Gasteiger partial charge in [0.25, 0.3) is 0 Å². The quantitative estimate of drug-likeness (QED) is 0.506. The number of hydrogen-bond acceptors (Lipinski definition) is 4. The van der Waals surface area contributed by atoms with Gasteiger partial charge in [-0.2, -0.15) is 0 Å². The predicted octanol–water partition coefficient (Wildman–Crippen LogP) is 0.176. The zero-order chi connectivity index (χ0) is 11.8. The molecule has 2 N–H and O–H groups in total. The molecule has 0 saturated heterocycles. The fourth-order valence-electron chi connectivity index (χ4n) is 0.814. The lowest BCUT2D eigenvalue weighted by molar-refractivity contribution is -0.135. The van der Waals surface area contributed by atoms with Gasteiger partial charge < -0.3 is 15.4 Å². The molecule has 0 radical (unpaired) electrons. The Morgan fingerprint density at radius 3 is 2.33 bits per heavy atom. The van der Waals surface area contributed by atoms with Crippen LogP contribution in [0.2, 0.25) is 0 Å². The zero-order valence-corrected chi connectivity index (χ0v) is 9.53. The second-order valence-electron chi connectivity index (χ2n) is 3.41. The molecule has 0 aromatic rings. The van der Waals surface area contributed by atoms with Gasteiger partial charge >= 0.3 is 5.97 Å². The summed E-state index contributed by atoms with van der Waals surface area (Å²) in [5, 5.41) is 5.50. The number of carbonyl (C=O) groups excluding carboxylic acids is 2. The summed E-state index contributed by atoms with van der Waals surface area (Å²) < 4.78 is 4.39. The van der Waals surface area contributed by atoms with Crippen LogP contribution in [0.15, 0.2) is 12.3 Å². The van der Waals surface area contributed by atoms with Gasteiger partial charge in [0.1, 0.15) is 6.04 Å². The second-order valence-corrected chi connectivity index (χ2v) is 3.41. The number of methoxy groups -OCH3 is 1. The number of esters is 1. The Kier molecular flexibility index (Phi) is 6.17. The van der Waals surface area contributed by atoms with Crippen molar-refractivity contribution < 1.29 is 14.3 Å². The number of hydrogen-bond donors (Lipinski definition) is 2. The van der Waals surface area contributed by atoms with Gasteiger partial charge in [-0.3, -0.25) is 4.79 Å². The van der Waals surface area contributed by atoms with Crippen molar-refractivity contribution in [3.63, 3.8) is 0 Å². The number of carbonyl (C=O) groups is 2. The summed E-state index contributed by atoms with van der Waals surface area (Å²) in [4.78, 5) is 22.1. The Hall–Kier alpha value is -1.52. The van der Waals surface area contributed by atoms with Crippen molar-refractivity contribution in [2.45, 2.75) is 32.9 Å². The topological polar surface area (TPSA) is 67.4 Å². The van der Waals surface area contributed by atoms with Crippen LogP contribution >= 0.6 is 0 Å². The van der Waals surface area contributed by atoms with Gasteiger partial charge in [0.15, 0.2) is 0 Å². The van der Waals surface area contributed by atoms with Gasteiger partial charge in [-0.05, 0) is 20.8 Å². The third kappa shape index (κ3) is 6.54. The first-order chi connectivity index (χ1) is 6.97. The molecular weight excluding hydrogens is 196 g/mol. The van der Waals surface area contributed by atoms with Gasteiger partial charge in [-0.15, -0.1) is 0 Å². The third-order valence-electron chi connectivity index (χ3n) is 1.59. The summed E-state index contributed by atoms with van der Waals surface area (Å²) in [6.45, 7) is 5.48. The molecule has 0 bridgehead atoms. The molecule has 1 amide bonds. The summed E-state index contributed by atoms with van der Waals surface area (Å²) in [5.41, 5.74) is 0. The minimum Gasteiger partial charge on any atom is -0.466 e. The van der Waals surface area contributed by atoms with Crippen LogP contribution in [0, 0.1) is 0 Å². The minimum absolute atomic E-state index is 0.103. The molecule has 1 atom stereocenters. The molecule has 0 aliphatic carbocycles. The van der Waals surface area contributed by atoms with E-state index in [1.165, 1.54) is 19.4 Å². The fourth-order valence-corrected chi connectivity index (χ4v) is 0.814. The Morgan fingerprint density at radius 2 is 1.87 bits per heavy atom. The lowest BCUT2D eigenvalue weighted by atomic mass is 10.3. The van der Waals surface area contributed by atoms with Crippen LogP contribution in [0.5, 0.6) is 0 Å². The van der Waals surface area contributed by atoms with Gasteiger partial charge in [0.05, 0.1) is 7.11 Å². The summed E-state index contributed by atoms with van der Waals surface area (Å²) >= 11 is 0. The average Bonchev–Trinajstić information content (AvgIpc) is 2.16. The second kappa shape index (κ2) is 6.86. The van der Waals surface area contributed by atoms with Crippen LogP contribution < -0.4 is 10.6 Å². The average molecular weight is 214 g/mol. The molecule has 0 aliphatic heterocycles. The molecule has 0 spiro atoms. The molecule has 86 valence electrons. The van der Waals surface area contributed by atoms with E-state index >= 15 is 0 Å². The normalized spacial score (nSPS) is 12.6. The first kappa shape index (κ1) is 13.5. The Morgan fingerprint density at radius 1 is 1.27 bits per heavy atom. The van der Waals surface area contributed by atoms with E-state index < -0.39 is 5.97 Å². The lowest BCUT2D eigenvalue weighted by Gasteiger charge is -2.14. The largest absolute Gasteiger partial charge is 0.466 e. The van der Waals surface area contributed by atoms with Crippen LogP contribution in [0.1, 0.15) is 20.8 Å². The van der Waals surface area contributed by atoms with Gasteiger partial charge in [-0.25, -0.2) is 4.79 Å². The Bertz CT molecular complexity index is 249. The predicted molar refractivity (Wildman–Crippen MR) is 57.0 cm³/mol. The molecule has 1 unspecified atom stereocenters. The SMILES string of the molecule is COC(=O)/C=C/NC(C)C(=O)NC(C)C. The van der Waals surface area contributed by atoms with E-state index in [1.807, 2.05) is 13.8 Å². The monoisotopic (exact) mass is 214 g/mol. The van der Waals surface area contributed by atoms with E-state index in [4.69, 9.17) is 0 Å². The van der Waals surface area contributed by atoms with Crippen molar-refractivity contribution in [2.75, 3.05) is 7.11 Å². The van der Waals surface area contributed by atoms with Crippen molar-refractivity contribution >= 4 is 11.9 Å². The Balaban J connectivity index is 3.92. The van der Waals surface area contributed by atoms with Crippen LogP contribution in [0.3, 0.4) is 0 Å². The summed E-state index contributed by atoms with van der Waals surface area (Å²) in [6, 6.07) is -0.278. The van der Waals surface area contributed by atoms with Gasteiger partial charge in [0, 0.05) is 18.3 Å². The molecule has 0 aromatic carbocycles. The molecule has 0 saturated carbocycles. The first-order valence-corrected chi connectivity index (χ1v) is 4.78. The van der Waals surface area contributed by atoms with Crippen LogP contribution in [0.4, 0.5) is 0 Å². The molecule has 5 heteroatoms. The Labute approximate surface area is 89.9 Å². The van der Waals surface area contributed by atoms with E-state index in [0.717, 1.165) is 0 Å². The van der Waals surface area contributed by atoms with Crippen molar-refractivity contribution in [3.8, 4) is 0 Å². The molecule has 0 rings (SSSR count). The number of rotatable bonds is 5. The molecule has 0 heterocycles. The lowest BCUT2D eigenvalue weighted by Crippen LogP contribution is -2.42. The summed E-state index contributed by atoms with van der Waals surface area (Å²) in [7, 11) is 1.29. The van der Waals surface area contributed by atoms with Crippen LogP contribution in [0.25, 0.3) is 0 Å². The highest BCUT2D eigenvalue weighted by atomic mass is 16.5.